The zero-order valence-electron chi connectivity index (χ0n) is 15.0. The van der Waals surface area contributed by atoms with Crippen LogP contribution in [-0.2, 0) is 11.3 Å². The molecule has 0 saturated carbocycles. The molecule has 142 valence electrons. The van der Waals surface area contributed by atoms with Crippen LogP contribution in [0.3, 0.4) is 0 Å². The van der Waals surface area contributed by atoms with Gasteiger partial charge in [-0.1, -0.05) is 18.2 Å². The maximum atomic E-state index is 12.9. The van der Waals surface area contributed by atoms with E-state index in [0.717, 1.165) is 0 Å². The monoisotopic (exact) mass is 388 g/mol. The summed E-state index contributed by atoms with van der Waals surface area (Å²) in [5.41, 5.74) is 0.636. The number of rotatable bonds is 5. The highest BCUT2D eigenvalue weighted by molar-refractivity contribution is 7.99. The molecule has 1 unspecified atom stereocenters. The summed E-state index contributed by atoms with van der Waals surface area (Å²) in [6, 6.07) is 9.76. The van der Waals surface area contributed by atoms with Gasteiger partial charge in [-0.3, -0.25) is 9.59 Å². The fraction of sp³-hybridized carbons (Fsp3) is 0.316. The predicted molar refractivity (Wildman–Crippen MR) is 101 cm³/mol. The SMILES string of the molecule is Cc1oc(CN(C)C(=O)C2CSCN2C(=O)c2ccccc2)cc1C(=O)O. The van der Waals surface area contributed by atoms with E-state index in [1.165, 1.54) is 22.7 Å². The summed E-state index contributed by atoms with van der Waals surface area (Å²) in [7, 11) is 1.62. The minimum absolute atomic E-state index is 0.0863. The Labute approximate surface area is 160 Å². The van der Waals surface area contributed by atoms with Crippen molar-refractivity contribution in [3.05, 3.63) is 59.0 Å². The van der Waals surface area contributed by atoms with E-state index in [0.29, 0.717) is 28.7 Å². The molecule has 1 N–H and O–H groups in total. The van der Waals surface area contributed by atoms with Gasteiger partial charge in [0, 0.05) is 18.4 Å². The van der Waals surface area contributed by atoms with E-state index in [4.69, 9.17) is 9.52 Å². The Morgan fingerprint density at radius 1 is 1.30 bits per heavy atom. The summed E-state index contributed by atoms with van der Waals surface area (Å²) in [4.78, 5) is 39.8. The molecule has 8 heteroatoms. The first-order valence-corrected chi connectivity index (χ1v) is 9.55. The van der Waals surface area contributed by atoms with Crippen molar-refractivity contribution in [3.63, 3.8) is 0 Å². The average molecular weight is 388 g/mol. The second-order valence-corrected chi connectivity index (χ2v) is 7.34. The quantitative estimate of drug-likeness (QED) is 0.846. The molecule has 2 amide bonds. The maximum Gasteiger partial charge on any atom is 0.339 e. The van der Waals surface area contributed by atoms with Crippen LogP contribution < -0.4 is 0 Å². The normalized spacial score (nSPS) is 16.4. The zero-order valence-corrected chi connectivity index (χ0v) is 15.9. The minimum atomic E-state index is -1.07. The van der Waals surface area contributed by atoms with Crippen LogP contribution >= 0.6 is 11.8 Å². The van der Waals surface area contributed by atoms with E-state index < -0.39 is 12.0 Å². The number of amides is 2. The first-order chi connectivity index (χ1) is 12.9. The van der Waals surface area contributed by atoms with Crippen LogP contribution in [0.25, 0.3) is 0 Å². The van der Waals surface area contributed by atoms with Crippen molar-refractivity contribution in [2.75, 3.05) is 18.7 Å². The van der Waals surface area contributed by atoms with Crippen molar-refractivity contribution in [2.24, 2.45) is 0 Å². The molecule has 1 saturated heterocycles. The van der Waals surface area contributed by atoms with Crippen molar-refractivity contribution < 1.29 is 23.9 Å². The lowest BCUT2D eigenvalue weighted by molar-refractivity contribution is -0.134. The topological polar surface area (TPSA) is 91.1 Å². The van der Waals surface area contributed by atoms with E-state index in [1.807, 2.05) is 6.07 Å². The fourth-order valence-electron chi connectivity index (χ4n) is 2.99. The smallest absolute Gasteiger partial charge is 0.339 e. The van der Waals surface area contributed by atoms with E-state index in [2.05, 4.69) is 0 Å². The molecule has 1 aliphatic heterocycles. The van der Waals surface area contributed by atoms with Crippen molar-refractivity contribution >= 4 is 29.5 Å². The summed E-state index contributed by atoms with van der Waals surface area (Å²) in [5, 5.41) is 9.11. The van der Waals surface area contributed by atoms with Crippen molar-refractivity contribution in [1.29, 1.82) is 0 Å². The average Bonchev–Trinajstić information content (AvgIpc) is 3.27. The number of thioether (sulfide) groups is 1. The van der Waals surface area contributed by atoms with Gasteiger partial charge in [0.25, 0.3) is 5.91 Å². The summed E-state index contributed by atoms with van der Waals surface area (Å²) in [6.45, 7) is 1.71. The molecular formula is C19H20N2O5S. The number of carbonyl (C=O) groups excluding carboxylic acids is 2. The molecule has 0 radical (unpaired) electrons. The number of carbonyl (C=O) groups is 3. The van der Waals surface area contributed by atoms with Crippen LogP contribution in [0.5, 0.6) is 0 Å². The van der Waals surface area contributed by atoms with Gasteiger partial charge in [0.15, 0.2) is 0 Å². The van der Waals surface area contributed by atoms with Crippen LogP contribution in [0.4, 0.5) is 0 Å². The Hall–Kier alpha value is -2.74. The molecule has 0 bridgehead atoms. The van der Waals surface area contributed by atoms with Crippen molar-refractivity contribution in [3.8, 4) is 0 Å². The Bertz CT molecular complexity index is 864. The lowest BCUT2D eigenvalue weighted by atomic mass is 10.1. The summed E-state index contributed by atoms with van der Waals surface area (Å²) < 4.78 is 5.44. The first kappa shape index (κ1) is 19.0. The van der Waals surface area contributed by atoms with Gasteiger partial charge < -0.3 is 19.3 Å². The second kappa shape index (κ2) is 7.87. The molecule has 3 rings (SSSR count). The second-order valence-electron chi connectivity index (χ2n) is 6.34. The number of hydrogen-bond acceptors (Lipinski definition) is 5. The fourth-order valence-corrected chi connectivity index (χ4v) is 4.14. The number of carboxylic acids is 1. The molecular weight excluding hydrogens is 368 g/mol. The highest BCUT2D eigenvalue weighted by Crippen LogP contribution is 2.25. The predicted octanol–water partition coefficient (Wildman–Crippen LogP) is 2.46. The summed E-state index contributed by atoms with van der Waals surface area (Å²) in [6.07, 6.45) is 0. The third-order valence-electron chi connectivity index (χ3n) is 4.42. The number of hydrogen-bond donors (Lipinski definition) is 1. The Balaban J connectivity index is 1.71. The van der Waals surface area contributed by atoms with E-state index in [9.17, 15) is 14.4 Å². The van der Waals surface area contributed by atoms with Gasteiger partial charge in [0.05, 0.1) is 12.4 Å². The molecule has 0 aliphatic carbocycles. The van der Waals surface area contributed by atoms with E-state index in [1.54, 1.807) is 43.1 Å². The van der Waals surface area contributed by atoms with Crippen LogP contribution in [0.15, 0.2) is 40.8 Å². The van der Waals surface area contributed by atoms with Gasteiger partial charge in [-0.05, 0) is 25.1 Å². The number of carboxylic acid groups (broad SMARTS) is 1. The lowest BCUT2D eigenvalue weighted by Crippen LogP contribution is -2.47. The van der Waals surface area contributed by atoms with Crippen LogP contribution in [0, 0.1) is 6.92 Å². The number of nitrogens with zero attached hydrogens (tertiary/aromatic N) is 2. The van der Waals surface area contributed by atoms with Gasteiger partial charge >= 0.3 is 5.97 Å². The third-order valence-corrected chi connectivity index (χ3v) is 5.43. The molecule has 1 aliphatic rings. The molecule has 1 aromatic carbocycles. The highest BCUT2D eigenvalue weighted by Gasteiger charge is 2.36. The lowest BCUT2D eigenvalue weighted by Gasteiger charge is -2.27. The number of likely N-dealkylation sites (N-methyl/N-ethyl adjacent to an activating group) is 1. The number of benzene rings is 1. The van der Waals surface area contributed by atoms with Crippen LogP contribution in [0.2, 0.25) is 0 Å². The Morgan fingerprint density at radius 2 is 2.00 bits per heavy atom. The van der Waals surface area contributed by atoms with Crippen LogP contribution in [-0.4, -0.2) is 57.4 Å². The number of aryl methyl sites for hydroxylation is 1. The van der Waals surface area contributed by atoms with Crippen LogP contribution in [0.1, 0.15) is 32.2 Å². The summed E-state index contributed by atoms with van der Waals surface area (Å²) >= 11 is 1.53. The molecule has 1 atom stereocenters. The number of aromatic carboxylic acids is 1. The Kier molecular flexibility index (Phi) is 5.55. The van der Waals surface area contributed by atoms with Crippen molar-refractivity contribution in [1.82, 2.24) is 9.80 Å². The maximum absolute atomic E-state index is 12.9. The molecule has 2 heterocycles. The van der Waals surface area contributed by atoms with E-state index >= 15 is 0 Å². The van der Waals surface area contributed by atoms with Gasteiger partial charge in [-0.25, -0.2) is 4.79 Å². The zero-order chi connectivity index (χ0) is 19.6. The molecule has 1 aromatic heterocycles. The first-order valence-electron chi connectivity index (χ1n) is 8.40. The standard InChI is InChI=1S/C19H20N2O5S/c1-12-15(19(24)25)8-14(26-12)9-20(2)18(23)16-10-27-11-21(16)17(22)13-6-4-3-5-7-13/h3-8,16H,9-11H2,1-2H3,(H,24,25). The molecule has 7 nitrogen and oxygen atoms in total. The number of furan rings is 1. The van der Waals surface area contributed by atoms with Crippen molar-refractivity contribution in [2.45, 2.75) is 19.5 Å². The molecule has 1 fully saturated rings. The summed E-state index contributed by atoms with van der Waals surface area (Å²) in [5.74, 6) is 0.246. The van der Waals surface area contributed by atoms with Gasteiger partial charge in [-0.2, -0.15) is 0 Å². The third kappa shape index (κ3) is 4.00. The van der Waals surface area contributed by atoms with Gasteiger partial charge in [0.1, 0.15) is 23.1 Å². The minimum Gasteiger partial charge on any atom is -0.478 e. The highest BCUT2D eigenvalue weighted by atomic mass is 32.2. The molecule has 27 heavy (non-hydrogen) atoms. The van der Waals surface area contributed by atoms with E-state index in [-0.39, 0.29) is 23.9 Å². The molecule has 0 spiro atoms. The largest absolute Gasteiger partial charge is 0.478 e. The Morgan fingerprint density at radius 3 is 2.63 bits per heavy atom. The molecule has 2 aromatic rings. The van der Waals surface area contributed by atoms with Gasteiger partial charge in [-0.15, -0.1) is 11.8 Å². The van der Waals surface area contributed by atoms with Gasteiger partial charge in [0.2, 0.25) is 5.91 Å².